The monoisotopic (exact) mass is 197 g/mol. The van der Waals surface area contributed by atoms with E-state index in [1.165, 1.54) is 0 Å². The molecule has 0 saturated carbocycles. The summed E-state index contributed by atoms with van der Waals surface area (Å²) in [5, 5.41) is 3.21. The minimum absolute atomic E-state index is 0.375. The fraction of sp³-hybridized carbons (Fsp3) is 0.333. The van der Waals surface area contributed by atoms with E-state index in [0.717, 1.165) is 11.5 Å². The summed E-state index contributed by atoms with van der Waals surface area (Å²) in [5.41, 5.74) is 0. The minimum Gasteiger partial charge on any atom is -0.423 e. The van der Waals surface area contributed by atoms with E-state index in [-0.39, 0.29) is 0 Å². The first-order chi connectivity index (χ1) is 6.25. The van der Waals surface area contributed by atoms with Crippen LogP contribution in [0.4, 0.5) is 0 Å². The standard InChI is InChI=1S/C9H12NO2P/c1-7(2)10-13-11-8-5-3-4-6-9(8)12-13/h3-7,10H,1-2H3. The second-order valence-electron chi connectivity index (χ2n) is 3.17. The number of rotatable bonds is 2. The Morgan fingerprint density at radius 3 is 2.15 bits per heavy atom. The highest BCUT2D eigenvalue weighted by Gasteiger charge is 2.25. The molecule has 0 unspecified atom stereocenters. The molecule has 1 aromatic rings. The summed E-state index contributed by atoms with van der Waals surface area (Å²) in [6.45, 7) is 4.14. The summed E-state index contributed by atoms with van der Waals surface area (Å²) in [4.78, 5) is 0. The zero-order chi connectivity index (χ0) is 9.26. The topological polar surface area (TPSA) is 30.5 Å². The van der Waals surface area contributed by atoms with E-state index in [0.29, 0.717) is 6.04 Å². The fourth-order valence-electron chi connectivity index (χ4n) is 1.06. The van der Waals surface area contributed by atoms with Crippen LogP contribution in [-0.2, 0) is 0 Å². The van der Waals surface area contributed by atoms with Crippen molar-refractivity contribution in [3.8, 4) is 11.5 Å². The molecule has 0 spiro atoms. The molecule has 4 heteroatoms. The van der Waals surface area contributed by atoms with E-state index in [1.54, 1.807) is 0 Å². The predicted molar refractivity (Wildman–Crippen MR) is 52.9 cm³/mol. The molecule has 1 aromatic carbocycles. The molecule has 0 saturated heterocycles. The van der Waals surface area contributed by atoms with Gasteiger partial charge in [0.05, 0.1) is 0 Å². The lowest BCUT2D eigenvalue weighted by atomic mass is 10.3. The van der Waals surface area contributed by atoms with Crippen LogP contribution in [0.1, 0.15) is 13.8 Å². The molecule has 3 nitrogen and oxygen atoms in total. The maximum atomic E-state index is 5.55. The molecule has 0 atom stereocenters. The van der Waals surface area contributed by atoms with Gasteiger partial charge >= 0.3 is 8.53 Å². The van der Waals surface area contributed by atoms with Crippen molar-refractivity contribution >= 4 is 8.53 Å². The van der Waals surface area contributed by atoms with Crippen LogP contribution in [0.25, 0.3) is 0 Å². The quantitative estimate of drug-likeness (QED) is 0.739. The zero-order valence-electron chi connectivity index (χ0n) is 7.65. The molecule has 0 aliphatic carbocycles. The van der Waals surface area contributed by atoms with Gasteiger partial charge in [-0.2, -0.15) is 0 Å². The molecule has 1 aliphatic heterocycles. The van der Waals surface area contributed by atoms with E-state index < -0.39 is 8.53 Å². The third-order valence-corrected chi connectivity index (χ3v) is 3.03. The molecule has 2 rings (SSSR count). The maximum Gasteiger partial charge on any atom is 0.382 e. The van der Waals surface area contributed by atoms with Crippen molar-refractivity contribution in [2.24, 2.45) is 0 Å². The SMILES string of the molecule is CC(C)NP1Oc2ccccc2O1. The summed E-state index contributed by atoms with van der Waals surface area (Å²) >= 11 is 0. The Morgan fingerprint density at radius 1 is 1.15 bits per heavy atom. The molecular formula is C9H12NO2P. The van der Waals surface area contributed by atoms with Crippen molar-refractivity contribution < 1.29 is 9.05 Å². The number of para-hydroxylation sites is 2. The second kappa shape index (κ2) is 3.52. The van der Waals surface area contributed by atoms with E-state index in [4.69, 9.17) is 9.05 Å². The lowest BCUT2D eigenvalue weighted by Gasteiger charge is -2.11. The molecule has 70 valence electrons. The molecule has 0 fully saturated rings. The van der Waals surface area contributed by atoms with E-state index in [2.05, 4.69) is 18.9 Å². The van der Waals surface area contributed by atoms with Gasteiger partial charge in [-0.15, -0.1) is 0 Å². The summed E-state index contributed by atoms with van der Waals surface area (Å²) < 4.78 is 11.1. The Labute approximate surface area is 79.0 Å². The van der Waals surface area contributed by atoms with Crippen LogP contribution >= 0.6 is 8.53 Å². The first kappa shape index (κ1) is 8.79. The van der Waals surface area contributed by atoms with Gasteiger partial charge in [0.2, 0.25) is 0 Å². The summed E-state index contributed by atoms with van der Waals surface area (Å²) in [5.74, 6) is 1.67. The Morgan fingerprint density at radius 2 is 1.69 bits per heavy atom. The number of hydrogen-bond acceptors (Lipinski definition) is 3. The van der Waals surface area contributed by atoms with Crippen molar-refractivity contribution in [2.75, 3.05) is 0 Å². The molecule has 13 heavy (non-hydrogen) atoms. The van der Waals surface area contributed by atoms with Gasteiger partial charge in [-0.05, 0) is 26.0 Å². The lowest BCUT2D eigenvalue weighted by Crippen LogP contribution is -2.19. The second-order valence-corrected chi connectivity index (χ2v) is 4.31. The summed E-state index contributed by atoms with van der Waals surface area (Å²) in [6, 6.07) is 8.09. The highest BCUT2D eigenvalue weighted by Crippen LogP contribution is 2.49. The molecule has 1 aliphatic rings. The van der Waals surface area contributed by atoms with Gasteiger partial charge in [-0.3, -0.25) is 0 Å². The lowest BCUT2D eigenvalue weighted by molar-refractivity contribution is 0.535. The fourth-order valence-corrected chi connectivity index (χ4v) is 2.29. The van der Waals surface area contributed by atoms with Crippen LogP contribution in [0.5, 0.6) is 11.5 Å². The third kappa shape index (κ3) is 1.93. The van der Waals surface area contributed by atoms with Crippen molar-refractivity contribution in [1.29, 1.82) is 0 Å². The van der Waals surface area contributed by atoms with Gasteiger partial charge in [0, 0.05) is 6.04 Å². The van der Waals surface area contributed by atoms with Crippen molar-refractivity contribution in [3.05, 3.63) is 24.3 Å². The predicted octanol–water partition coefficient (Wildman–Crippen LogP) is 2.68. The van der Waals surface area contributed by atoms with Gasteiger partial charge in [0.15, 0.2) is 11.5 Å². The van der Waals surface area contributed by atoms with Crippen molar-refractivity contribution in [3.63, 3.8) is 0 Å². The Balaban J connectivity index is 2.05. The Kier molecular flexibility index (Phi) is 2.38. The van der Waals surface area contributed by atoms with E-state index in [9.17, 15) is 0 Å². The van der Waals surface area contributed by atoms with Crippen LogP contribution < -0.4 is 14.1 Å². The Hall–Kier alpha value is -0.790. The minimum atomic E-state index is -0.961. The molecule has 0 amide bonds. The molecule has 0 radical (unpaired) electrons. The maximum absolute atomic E-state index is 5.55. The zero-order valence-corrected chi connectivity index (χ0v) is 8.54. The van der Waals surface area contributed by atoms with Crippen molar-refractivity contribution in [2.45, 2.75) is 19.9 Å². The normalized spacial score (nSPS) is 15.3. The number of nitrogens with one attached hydrogen (secondary N) is 1. The Bertz CT molecular complexity index is 278. The number of hydrogen-bond donors (Lipinski definition) is 1. The molecular weight excluding hydrogens is 185 g/mol. The molecule has 1 heterocycles. The van der Waals surface area contributed by atoms with Crippen LogP contribution in [0.3, 0.4) is 0 Å². The van der Waals surface area contributed by atoms with E-state index >= 15 is 0 Å². The first-order valence-electron chi connectivity index (χ1n) is 4.27. The van der Waals surface area contributed by atoms with Crippen LogP contribution in [-0.4, -0.2) is 6.04 Å². The van der Waals surface area contributed by atoms with Gasteiger partial charge in [-0.25, -0.2) is 5.09 Å². The van der Waals surface area contributed by atoms with Gasteiger partial charge < -0.3 is 9.05 Å². The molecule has 0 bridgehead atoms. The third-order valence-electron chi connectivity index (χ3n) is 1.58. The summed E-state index contributed by atoms with van der Waals surface area (Å²) in [6.07, 6.45) is 0. The van der Waals surface area contributed by atoms with Crippen molar-refractivity contribution in [1.82, 2.24) is 5.09 Å². The number of benzene rings is 1. The van der Waals surface area contributed by atoms with Gasteiger partial charge in [0.25, 0.3) is 0 Å². The molecule has 1 N–H and O–H groups in total. The van der Waals surface area contributed by atoms with Gasteiger partial charge in [-0.1, -0.05) is 12.1 Å². The van der Waals surface area contributed by atoms with E-state index in [1.807, 2.05) is 24.3 Å². The van der Waals surface area contributed by atoms with Crippen LogP contribution in [0.2, 0.25) is 0 Å². The highest BCUT2D eigenvalue weighted by molar-refractivity contribution is 7.46. The highest BCUT2D eigenvalue weighted by atomic mass is 31.2. The largest absolute Gasteiger partial charge is 0.423 e. The smallest absolute Gasteiger partial charge is 0.382 e. The molecule has 0 aromatic heterocycles. The average molecular weight is 197 g/mol. The van der Waals surface area contributed by atoms with Crippen LogP contribution in [0.15, 0.2) is 24.3 Å². The van der Waals surface area contributed by atoms with Crippen LogP contribution in [0, 0.1) is 0 Å². The average Bonchev–Trinajstić information content (AvgIpc) is 2.44. The first-order valence-corrected chi connectivity index (χ1v) is 5.45. The number of fused-ring (bicyclic) bond motifs is 1. The van der Waals surface area contributed by atoms with Gasteiger partial charge in [0.1, 0.15) is 0 Å². The summed E-state index contributed by atoms with van der Waals surface area (Å²) in [7, 11) is -0.961.